The molecule has 1 heterocycles. The van der Waals surface area contributed by atoms with Gasteiger partial charge in [0.1, 0.15) is 4.90 Å². The van der Waals surface area contributed by atoms with E-state index < -0.39 is 36.0 Å². The van der Waals surface area contributed by atoms with Crippen LogP contribution in [-0.2, 0) is 9.05 Å². The second-order valence-electron chi connectivity index (χ2n) is 2.45. The monoisotopic (exact) mass is 321 g/mol. The molecule has 0 radical (unpaired) electrons. The van der Waals surface area contributed by atoms with Gasteiger partial charge in [-0.2, -0.15) is 0 Å². The van der Waals surface area contributed by atoms with Gasteiger partial charge < -0.3 is 4.98 Å². The van der Waals surface area contributed by atoms with E-state index in [0.29, 0.717) is 6.20 Å². The first-order valence-electron chi connectivity index (χ1n) is 3.39. The molecular weight excluding hydrogens is 319 g/mol. The highest BCUT2D eigenvalue weighted by molar-refractivity contribution is 9.10. The zero-order valence-corrected chi connectivity index (χ0v) is 9.96. The molecule has 1 rings (SSSR count). The van der Waals surface area contributed by atoms with E-state index in [4.69, 9.17) is 10.7 Å². The number of H-pyrrole nitrogens is 1. The minimum absolute atomic E-state index is 0.542. The van der Waals surface area contributed by atoms with Gasteiger partial charge in [0.05, 0.1) is 10.0 Å². The highest BCUT2D eigenvalue weighted by Gasteiger charge is 2.26. The Labute approximate surface area is 95.8 Å². The molecule has 1 aromatic rings. The molecule has 1 N–H and O–H groups in total. The summed E-state index contributed by atoms with van der Waals surface area (Å²) in [5.41, 5.74) is -1.79. The molecule has 0 aromatic carbocycles. The molecule has 15 heavy (non-hydrogen) atoms. The Bertz CT molecular complexity index is 542. The van der Waals surface area contributed by atoms with E-state index in [0.717, 1.165) is 0 Å². The molecule has 0 saturated heterocycles. The van der Waals surface area contributed by atoms with Crippen molar-refractivity contribution in [3.63, 3.8) is 0 Å². The lowest BCUT2D eigenvalue weighted by atomic mass is 10.3. The van der Waals surface area contributed by atoms with Crippen LogP contribution in [0.2, 0.25) is 0 Å². The van der Waals surface area contributed by atoms with E-state index in [2.05, 4.69) is 15.9 Å². The molecule has 0 aliphatic rings. The van der Waals surface area contributed by atoms with Crippen LogP contribution in [0.4, 0.5) is 8.78 Å². The van der Waals surface area contributed by atoms with Gasteiger partial charge in [-0.25, -0.2) is 17.2 Å². The number of hydrogen-bond acceptors (Lipinski definition) is 3. The third-order valence-corrected chi connectivity index (χ3v) is 3.67. The number of nitrogens with one attached hydrogen (secondary N) is 1. The van der Waals surface area contributed by atoms with E-state index in [1.807, 2.05) is 4.98 Å². The summed E-state index contributed by atoms with van der Waals surface area (Å²) in [4.78, 5) is 12.1. The van der Waals surface area contributed by atoms with E-state index >= 15 is 0 Å². The minimum Gasteiger partial charge on any atom is -0.327 e. The first-order chi connectivity index (χ1) is 6.75. The summed E-state index contributed by atoms with van der Waals surface area (Å²) < 4.78 is 46.3. The maximum Gasteiger partial charge on any atom is 0.266 e. The topological polar surface area (TPSA) is 67.0 Å². The summed E-state index contributed by atoms with van der Waals surface area (Å²) in [6, 6.07) is 0. The Hall–Kier alpha value is -0.470. The SMILES string of the molecule is O=c1[nH]cc(S(=O)(=O)Cl)c(C(F)F)c1Br. The lowest BCUT2D eigenvalue weighted by molar-refractivity contribution is 0.146. The molecule has 0 saturated carbocycles. The van der Waals surface area contributed by atoms with Crippen LogP contribution in [0, 0.1) is 0 Å². The van der Waals surface area contributed by atoms with Gasteiger partial charge in [0, 0.05) is 16.9 Å². The van der Waals surface area contributed by atoms with Crippen molar-refractivity contribution in [3.05, 3.63) is 26.6 Å². The number of hydrogen-bond donors (Lipinski definition) is 1. The van der Waals surface area contributed by atoms with Gasteiger partial charge in [-0.1, -0.05) is 0 Å². The first-order valence-corrected chi connectivity index (χ1v) is 6.49. The Morgan fingerprint density at radius 3 is 2.40 bits per heavy atom. The highest BCUT2D eigenvalue weighted by atomic mass is 79.9. The Morgan fingerprint density at radius 2 is 2.00 bits per heavy atom. The third kappa shape index (κ3) is 2.56. The molecule has 0 fully saturated rings. The van der Waals surface area contributed by atoms with Crippen LogP contribution >= 0.6 is 26.6 Å². The summed E-state index contributed by atoms with van der Waals surface area (Å²) >= 11 is 2.58. The normalized spacial score (nSPS) is 12.1. The molecule has 4 nitrogen and oxygen atoms in total. The molecule has 0 spiro atoms. The van der Waals surface area contributed by atoms with Crippen LogP contribution in [-0.4, -0.2) is 13.4 Å². The summed E-state index contributed by atoms with van der Waals surface area (Å²) in [5.74, 6) is 0. The number of rotatable bonds is 2. The van der Waals surface area contributed by atoms with Crippen molar-refractivity contribution in [2.24, 2.45) is 0 Å². The van der Waals surface area contributed by atoms with Crippen molar-refractivity contribution in [3.8, 4) is 0 Å². The maximum absolute atomic E-state index is 12.5. The summed E-state index contributed by atoms with van der Waals surface area (Å²) in [6.07, 6.45) is -2.48. The number of alkyl halides is 2. The Kier molecular flexibility index (Phi) is 3.51. The molecule has 84 valence electrons. The zero-order valence-electron chi connectivity index (χ0n) is 6.80. The van der Waals surface area contributed by atoms with E-state index in [9.17, 15) is 22.0 Å². The predicted molar refractivity (Wildman–Crippen MR) is 52.8 cm³/mol. The Morgan fingerprint density at radius 1 is 1.47 bits per heavy atom. The molecule has 0 amide bonds. The zero-order chi connectivity index (χ0) is 11.8. The summed E-state index contributed by atoms with van der Waals surface area (Å²) in [5, 5.41) is 0. The van der Waals surface area contributed by atoms with Gasteiger partial charge in [-0.05, 0) is 15.9 Å². The lowest BCUT2D eigenvalue weighted by Crippen LogP contribution is -2.13. The highest BCUT2D eigenvalue weighted by Crippen LogP contribution is 2.31. The average molecular weight is 323 g/mol. The van der Waals surface area contributed by atoms with Crippen LogP contribution < -0.4 is 5.56 Å². The fourth-order valence-corrected chi connectivity index (χ4v) is 2.58. The average Bonchev–Trinajstić information content (AvgIpc) is 2.06. The molecule has 0 atom stereocenters. The van der Waals surface area contributed by atoms with Crippen molar-refractivity contribution in [1.82, 2.24) is 4.98 Å². The maximum atomic E-state index is 12.5. The summed E-state index contributed by atoms with van der Waals surface area (Å²) in [7, 11) is 0.602. The Balaban J connectivity index is 3.70. The van der Waals surface area contributed by atoms with Crippen LogP contribution in [0.5, 0.6) is 0 Å². The smallest absolute Gasteiger partial charge is 0.266 e. The second kappa shape index (κ2) is 4.18. The number of aromatic amines is 1. The van der Waals surface area contributed by atoms with Crippen molar-refractivity contribution in [2.45, 2.75) is 11.3 Å². The summed E-state index contributed by atoms with van der Waals surface area (Å²) in [6.45, 7) is 0. The van der Waals surface area contributed by atoms with Gasteiger partial charge in [0.25, 0.3) is 21.0 Å². The molecule has 0 unspecified atom stereocenters. The lowest BCUT2D eigenvalue weighted by Gasteiger charge is -2.06. The van der Waals surface area contributed by atoms with Gasteiger partial charge >= 0.3 is 0 Å². The van der Waals surface area contributed by atoms with Crippen LogP contribution in [0.3, 0.4) is 0 Å². The molecule has 9 heteroatoms. The van der Waals surface area contributed by atoms with Crippen molar-refractivity contribution >= 4 is 35.7 Å². The van der Waals surface area contributed by atoms with Crippen molar-refractivity contribution in [1.29, 1.82) is 0 Å². The molecule has 0 bridgehead atoms. The molecular formula is C6H3BrClF2NO3S. The third-order valence-electron chi connectivity index (χ3n) is 1.52. The van der Waals surface area contributed by atoms with Gasteiger partial charge in [-0.3, -0.25) is 4.79 Å². The van der Waals surface area contributed by atoms with E-state index in [1.54, 1.807) is 0 Å². The fraction of sp³-hybridized carbons (Fsp3) is 0.167. The number of aromatic nitrogens is 1. The van der Waals surface area contributed by atoms with Crippen molar-refractivity contribution < 1.29 is 17.2 Å². The van der Waals surface area contributed by atoms with E-state index in [-0.39, 0.29) is 0 Å². The number of pyridine rings is 1. The van der Waals surface area contributed by atoms with Crippen LogP contribution in [0.1, 0.15) is 12.0 Å². The van der Waals surface area contributed by atoms with Crippen LogP contribution in [0.15, 0.2) is 20.4 Å². The number of halogens is 4. The van der Waals surface area contributed by atoms with Gasteiger partial charge in [-0.15, -0.1) is 0 Å². The first kappa shape index (κ1) is 12.6. The van der Waals surface area contributed by atoms with Gasteiger partial charge in [0.15, 0.2) is 0 Å². The molecule has 1 aromatic heterocycles. The quantitative estimate of drug-likeness (QED) is 0.847. The van der Waals surface area contributed by atoms with Gasteiger partial charge in [0.2, 0.25) is 0 Å². The predicted octanol–water partition coefficient (Wildman–Crippen LogP) is 2.00. The standard InChI is InChI=1S/C6H3BrClF2NO3S/c7-4-3(5(9)10)2(15(8,13)14)1-11-6(4)12/h1,5H,(H,11,12). The second-order valence-corrected chi connectivity index (χ2v) is 5.78. The van der Waals surface area contributed by atoms with E-state index in [1.165, 1.54) is 0 Å². The molecule has 0 aliphatic carbocycles. The molecule has 0 aliphatic heterocycles. The van der Waals surface area contributed by atoms with Crippen LogP contribution in [0.25, 0.3) is 0 Å². The van der Waals surface area contributed by atoms with Crippen molar-refractivity contribution in [2.75, 3.05) is 0 Å². The largest absolute Gasteiger partial charge is 0.327 e. The fourth-order valence-electron chi connectivity index (χ4n) is 0.908. The minimum atomic E-state index is -4.33.